The molecular weight excluding hydrogens is 80.0 g/mol. The van der Waals surface area contributed by atoms with E-state index in [0.29, 0.717) is 0 Å². The van der Waals surface area contributed by atoms with Crippen molar-refractivity contribution in [2.75, 3.05) is 0 Å². The third-order valence-corrected chi connectivity index (χ3v) is 0.471. The fourth-order valence-electron chi connectivity index (χ4n) is 0. The van der Waals surface area contributed by atoms with Gasteiger partial charge in [-0.25, -0.2) is 0 Å². The number of nitrogens with two attached hydrogens (primary N) is 2. The van der Waals surface area contributed by atoms with Gasteiger partial charge in [-0.05, 0) is 6.42 Å². The lowest BCUT2D eigenvalue weighted by molar-refractivity contribution is 0.682. The molecule has 0 aliphatic heterocycles. The van der Waals surface area contributed by atoms with Crippen LogP contribution in [0, 0.1) is 0 Å². The van der Waals surface area contributed by atoms with Gasteiger partial charge in [-0.15, -0.1) is 0 Å². The van der Waals surface area contributed by atoms with E-state index in [2.05, 4.69) is 0 Å². The van der Waals surface area contributed by atoms with Crippen LogP contribution in [0.25, 0.3) is 0 Å². The summed E-state index contributed by atoms with van der Waals surface area (Å²) in [6.45, 7) is 1.95. The van der Waals surface area contributed by atoms with Crippen molar-refractivity contribution >= 4 is 0 Å². The van der Waals surface area contributed by atoms with E-state index in [9.17, 15) is 0 Å². The van der Waals surface area contributed by atoms with Gasteiger partial charge in [0.15, 0.2) is 0 Å². The molecule has 0 atom stereocenters. The van der Waals surface area contributed by atoms with Crippen molar-refractivity contribution in [1.82, 2.24) is 0 Å². The molecule has 0 aromatic rings. The Bertz CT molecular complexity index is 22.8. The van der Waals surface area contributed by atoms with E-state index in [1.807, 2.05) is 6.92 Å². The predicted octanol–water partition coefficient (Wildman–Crippen LogP) is -1.18. The van der Waals surface area contributed by atoms with Gasteiger partial charge in [0.05, 0.1) is 6.17 Å². The first-order valence-corrected chi connectivity index (χ1v) is 1.78. The van der Waals surface area contributed by atoms with Gasteiger partial charge in [-0.2, -0.15) is 0 Å². The number of hydrogen-bond donors (Lipinski definition) is 2. The van der Waals surface area contributed by atoms with Crippen LogP contribution >= 0.6 is 0 Å². The van der Waals surface area contributed by atoms with Gasteiger partial charge >= 0.3 is 0 Å². The van der Waals surface area contributed by atoms with Crippen LogP contribution in [-0.2, 0) is 0 Å². The molecule has 0 amide bonds. The van der Waals surface area contributed by atoms with Crippen LogP contribution in [0.15, 0.2) is 0 Å². The molecule has 0 radical (unpaired) electrons. The van der Waals surface area contributed by atoms with Crippen LogP contribution in [0.3, 0.4) is 0 Å². The predicted molar refractivity (Wildman–Crippen MR) is 26.1 cm³/mol. The highest BCUT2D eigenvalue weighted by Crippen LogP contribution is 1.68. The Balaban J connectivity index is 0. The van der Waals surface area contributed by atoms with Crippen molar-refractivity contribution < 1.29 is 5.48 Å². The van der Waals surface area contributed by atoms with E-state index in [1.165, 1.54) is 0 Å². The molecular formula is C3H12N2O. The van der Waals surface area contributed by atoms with Crippen LogP contribution in [0.1, 0.15) is 13.3 Å². The Kier molecular flexibility index (Phi) is 7.57. The van der Waals surface area contributed by atoms with Crippen LogP contribution < -0.4 is 11.5 Å². The molecule has 0 heterocycles. The maximum Gasteiger partial charge on any atom is 0.0518 e. The third-order valence-electron chi connectivity index (χ3n) is 0.471. The van der Waals surface area contributed by atoms with Crippen LogP contribution in [-0.4, -0.2) is 11.6 Å². The Hall–Kier alpha value is -0.120. The zero-order valence-corrected chi connectivity index (χ0v) is 3.94. The summed E-state index contributed by atoms with van der Waals surface area (Å²) in [6, 6.07) is 0. The van der Waals surface area contributed by atoms with Crippen molar-refractivity contribution in [3.8, 4) is 0 Å². The van der Waals surface area contributed by atoms with E-state index in [4.69, 9.17) is 11.5 Å². The van der Waals surface area contributed by atoms with E-state index in [-0.39, 0.29) is 11.6 Å². The molecule has 0 saturated carbocycles. The molecule has 0 saturated heterocycles. The van der Waals surface area contributed by atoms with Crippen molar-refractivity contribution in [2.45, 2.75) is 19.5 Å². The fraction of sp³-hybridized carbons (Fsp3) is 1.00. The minimum Gasteiger partial charge on any atom is -0.412 e. The van der Waals surface area contributed by atoms with E-state index in [0.717, 1.165) is 6.42 Å². The molecule has 0 bridgehead atoms. The van der Waals surface area contributed by atoms with Crippen molar-refractivity contribution in [2.24, 2.45) is 11.5 Å². The minimum atomic E-state index is -0.116. The second kappa shape index (κ2) is 4.88. The molecule has 0 rings (SSSR count). The molecule has 0 spiro atoms. The van der Waals surface area contributed by atoms with Crippen LogP contribution in [0.4, 0.5) is 0 Å². The molecule has 0 aliphatic rings. The van der Waals surface area contributed by atoms with Crippen molar-refractivity contribution in [1.29, 1.82) is 0 Å². The smallest absolute Gasteiger partial charge is 0.0518 e. The lowest BCUT2D eigenvalue weighted by atomic mass is 10.4. The average molecular weight is 92.1 g/mol. The molecule has 3 heteroatoms. The molecule has 40 valence electrons. The van der Waals surface area contributed by atoms with Gasteiger partial charge in [0.25, 0.3) is 0 Å². The summed E-state index contributed by atoms with van der Waals surface area (Å²) in [4.78, 5) is 0. The highest BCUT2D eigenvalue weighted by molar-refractivity contribution is 4.40. The minimum absolute atomic E-state index is 0. The molecule has 0 aromatic carbocycles. The fourth-order valence-corrected chi connectivity index (χ4v) is 0. The Labute approximate surface area is 37.6 Å². The van der Waals surface area contributed by atoms with Crippen LogP contribution in [0.5, 0.6) is 0 Å². The Morgan fingerprint density at radius 2 is 1.67 bits per heavy atom. The van der Waals surface area contributed by atoms with Crippen molar-refractivity contribution in [3.63, 3.8) is 0 Å². The van der Waals surface area contributed by atoms with Gasteiger partial charge in [0, 0.05) is 0 Å². The summed E-state index contributed by atoms with van der Waals surface area (Å²) in [5.41, 5.74) is 10.1. The standard InChI is InChI=1S/C3H10N2.H2O/c1-2-3(4)5;/h3H,2,4-5H2,1H3;1H2. The largest absolute Gasteiger partial charge is 0.412 e. The second-order valence-corrected chi connectivity index (χ2v) is 1.07. The van der Waals surface area contributed by atoms with E-state index in [1.54, 1.807) is 0 Å². The summed E-state index contributed by atoms with van der Waals surface area (Å²) in [5, 5.41) is 0. The molecule has 3 nitrogen and oxygen atoms in total. The van der Waals surface area contributed by atoms with E-state index >= 15 is 0 Å². The van der Waals surface area contributed by atoms with Crippen LogP contribution in [0.2, 0.25) is 0 Å². The number of rotatable bonds is 1. The summed E-state index contributed by atoms with van der Waals surface area (Å²) >= 11 is 0. The average Bonchev–Trinajstić information content (AvgIpc) is 1.38. The molecule has 0 aromatic heterocycles. The SMILES string of the molecule is CCC(N)N.O. The summed E-state index contributed by atoms with van der Waals surface area (Å²) in [6.07, 6.45) is 0.745. The topological polar surface area (TPSA) is 83.5 Å². The molecule has 0 aliphatic carbocycles. The first kappa shape index (κ1) is 9.30. The summed E-state index contributed by atoms with van der Waals surface area (Å²) in [7, 11) is 0. The second-order valence-electron chi connectivity index (χ2n) is 1.07. The van der Waals surface area contributed by atoms with Gasteiger partial charge in [-0.3, -0.25) is 0 Å². The summed E-state index contributed by atoms with van der Waals surface area (Å²) < 4.78 is 0. The van der Waals surface area contributed by atoms with Crippen molar-refractivity contribution in [3.05, 3.63) is 0 Å². The third kappa shape index (κ3) is 9.11. The number of hydrogen-bond acceptors (Lipinski definition) is 2. The Morgan fingerprint density at radius 3 is 1.67 bits per heavy atom. The monoisotopic (exact) mass is 92.1 g/mol. The molecule has 6 N–H and O–H groups in total. The first-order chi connectivity index (χ1) is 2.27. The summed E-state index contributed by atoms with van der Waals surface area (Å²) in [5.74, 6) is 0. The molecule has 0 fully saturated rings. The van der Waals surface area contributed by atoms with Gasteiger partial charge in [-0.1, -0.05) is 6.92 Å². The van der Waals surface area contributed by atoms with Gasteiger partial charge in [0.2, 0.25) is 0 Å². The van der Waals surface area contributed by atoms with Gasteiger partial charge in [0.1, 0.15) is 0 Å². The highest BCUT2D eigenvalue weighted by Gasteiger charge is 1.79. The normalized spacial score (nSPS) is 8.00. The zero-order chi connectivity index (χ0) is 4.28. The molecule has 0 unspecified atom stereocenters. The maximum absolute atomic E-state index is 5.07. The zero-order valence-electron chi connectivity index (χ0n) is 3.94. The lowest BCUT2D eigenvalue weighted by Gasteiger charge is -1.92. The Morgan fingerprint density at radius 1 is 1.50 bits per heavy atom. The maximum atomic E-state index is 5.07. The first-order valence-electron chi connectivity index (χ1n) is 1.78. The highest BCUT2D eigenvalue weighted by atomic mass is 16.0. The lowest BCUT2D eigenvalue weighted by Crippen LogP contribution is -2.28. The molecule has 6 heavy (non-hydrogen) atoms. The quantitative estimate of drug-likeness (QED) is 0.399. The van der Waals surface area contributed by atoms with E-state index < -0.39 is 0 Å². The van der Waals surface area contributed by atoms with Gasteiger partial charge < -0.3 is 16.9 Å².